The second-order valence-corrected chi connectivity index (χ2v) is 1.80. The number of thiocarbonyl (C=S) groups is 1. The molecule has 0 saturated heterocycles. The lowest BCUT2D eigenvalue weighted by molar-refractivity contribution is -0.114. The predicted molar refractivity (Wildman–Crippen MR) is 31.8 cm³/mol. The highest BCUT2D eigenvalue weighted by atomic mass is 32.1. The zero-order valence-corrected chi connectivity index (χ0v) is 4.79. The van der Waals surface area contributed by atoms with Crippen LogP contribution in [0.15, 0.2) is 0 Å². The Bertz CT molecular complexity index is 87.9. The van der Waals surface area contributed by atoms with Gasteiger partial charge in [0.05, 0.1) is 6.42 Å². The zero-order chi connectivity index (χ0) is 5.86. The van der Waals surface area contributed by atoms with Crippen molar-refractivity contribution < 1.29 is 4.79 Å². The number of carbonyl (C=O) groups excluding carboxylic acids is 1. The van der Waals surface area contributed by atoms with Crippen LogP contribution in [-0.4, -0.2) is 10.8 Å². The largest absolute Gasteiger partial charge is 0.369 e. The van der Waals surface area contributed by atoms with Gasteiger partial charge in [-0.25, -0.2) is 0 Å². The quantitative estimate of drug-likeness (QED) is 0.519. The molecule has 0 saturated carbocycles. The van der Waals surface area contributed by atoms with Gasteiger partial charge in [-0.05, 0) is 6.92 Å². The van der Waals surface area contributed by atoms with E-state index in [-0.39, 0.29) is 0 Å². The molecule has 2 N–H and O–H groups in total. The molecule has 1 radical (unpaired) electrons. The molecule has 3 heteroatoms. The summed E-state index contributed by atoms with van der Waals surface area (Å²) in [6.45, 7) is 1.64. The van der Waals surface area contributed by atoms with Crippen LogP contribution in [0.3, 0.4) is 0 Å². The Labute approximate surface area is 47.7 Å². The summed E-state index contributed by atoms with van der Waals surface area (Å²) in [4.78, 5) is 10.4. The summed E-state index contributed by atoms with van der Waals surface area (Å²) in [5.74, 6) is -0.479. The molecule has 7 heavy (non-hydrogen) atoms. The maximum atomic E-state index is 9.89. The Kier molecular flexibility index (Phi) is 2.52. The van der Waals surface area contributed by atoms with Gasteiger partial charge in [-0.3, -0.25) is 4.79 Å². The molecular weight excluding hydrogens is 110 g/mol. The van der Waals surface area contributed by atoms with Crippen LogP contribution >= 0.6 is 12.2 Å². The number of hydrogen-bond acceptors (Lipinski definition) is 2. The highest BCUT2D eigenvalue weighted by molar-refractivity contribution is 7.80. The number of hydrogen-bond donors (Lipinski definition) is 1. The van der Waals surface area contributed by atoms with Crippen LogP contribution in [-0.2, 0) is 4.79 Å². The molecule has 39 valence electrons. The highest BCUT2D eigenvalue weighted by Crippen LogP contribution is 1.78. The topological polar surface area (TPSA) is 43.1 Å². The summed E-state index contributed by atoms with van der Waals surface area (Å²) in [7, 11) is 0. The number of primary amides is 1. The van der Waals surface area contributed by atoms with E-state index < -0.39 is 5.91 Å². The zero-order valence-electron chi connectivity index (χ0n) is 3.97. The van der Waals surface area contributed by atoms with Crippen molar-refractivity contribution in [3.8, 4) is 0 Å². The lowest BCUT2D eigenvalue weighted by atomic mass is 10.3. The van der Waals surface area contributed by atoms with Crippen LogP contribution in [0.25, 0.3) is 0 Å². The van der Waals surface area contributed by atoms with Crippen LogP contribution in [0, 0.1) is 6.42 Å². The molecule has 1 amide bonds. The van der Waals surface area contributed by atoms with E-state index in [1.807, 2.05) is 0 Å². The van der Waals surface area contributed by atoms with Gasteiger partial charge in [0.2, 0.25) is 5.91 Å². The van der Waals surface area contributed by atoms with Crippen molar-refractivity contribution >= 4 is 23.0 Å². The number of rotatable bonds is 2. The standard InChI is InChI=1S/C4H6NOS/c1-3(7)2-4(5)6/h2H,1H3,(H2,5,6). The Morgan fingerprint density at radius 2 is 2.29 bits per heavy atom. The van der Waals surface area contributed by atoms with Crippen LogP contribution in [0.4, 0.5) is 0 Å². The average Bonchev–Trinajstić information content (AvgIpc) is 1.27. The van der Waals surface area contributed by atoms with Crippen molar-refractivity contribution in [1.82, 2.24) is 0 Å². The van der Waals surface area contributed by atoms with Crippen molar-refractivity contribution in [3.63, 3.8) is 0 Å². The molecule has 0 atom stereocenters. The van der Waals surface area contributed by atoms with Gasteiger partial charge in [-0.2, -0.15) is 0 Å². The first kappa shape index (κ1) is 6.56. The highest BCUT2D eigenvalue weighted by Gasteiger charge is 1.92. The first-order valence-corrected chi connectivity index (χ1v) is 2.18. The van der Waals surface area contributed by atoms with Gasteiger partial charge in [0.25, 0.3) is 0 Å². The van der Waals surface area contributed by atoms with E-state index in [1.54, 1.807) is 6.92 Å². The van der Waals surface area contributed by atoms with E-state index in [0.29, 0.717) is 4.86 Å². The van der Waals surface area contributed by atoms with E-state index >= 15 is 0 Å². The Morgan fingerprint density at radius 1 is 1.86 bits per heavy atom. The third kappa shape index (κ3) is 5.56. The average molecular weight is 116 g/mol. The summed E-state index contributed by atoms with van der Waals surface area (Å²) in [5.41, 5.74) is 4.71. The van der Waals surface area contributed by atoms with Crippen molar-refractivity contribution in [2.45, 2.75) is 6.92 Å². The molecule has 0 rings (SSSR count). The minimum Gasteiger partial charge on any atom is -0.369 e. The molecule has 0 aromatic heterocycles. The van der Waals surface area contributed by atoms with Crippen molar-refractivity contribution in [1.29, 1.82) is 0 Å². The van der Waals surface area contributed by atoms with Gasteiger partial charge in [-0.1, -0.05) is 12.2 Å². The lowest BCUT2D eigenvalue weighted by Gasteiger charge is -1.84. The van der Waals surface area contributed by atoms with E-state index in [4.69, 9.17) is 5.73 Å². The third-order valence-electron chi connectivity index (χ3n) is 0.346. The molecule has 0 aliphatic rings. The van der Waals surface area contributed by atoms with Gasteiger partial charge in [-0.15, -0.1) is 0 Å². The Hall–Kier alpha value is -0.440. The van der Waals surface area contributed by atoms with Crippen LogP contribution < -0.4 is 5.73 Å². The fourth-order valence-electron chi connectivity index (χ4n) is 0.200. The van der Waals surface area contributed by atoms with Crippen LogP contribution in [0.5, 0.6) is 0 Å². The summed E-state index contributed by atoms with van der Waals surface area (Å²) >= 11 is 4.52. The second-order valence-electron chi connectivity index (χ2n) is 1.16. The van der Waals surface area contributed by atoms with Gasteiger partial charge < -0.3 is 5.73 Å². The van der Waals surface area contributed by atoms with Crippen molar-refractivity contribution in [2.24, 2.45) is 5.73 Å². The molecule has 2 nitrogen and oxygen atoms in total. The predicted octanol–water partition coefficient (Wildman–Crippen LogP) is 0.0658. The molecule has 0 spiro atoms. The number of amides is 1. The molecule has 0 aromatic carbocycles. The number of nitrogens with two attached hydrogens (primary N) is 1. The van der Waals surface area contributed by atoms with Crippen molar-refractivity contribution in [3.05, 3.63) is 6.42 Å². The maximum Gasteiger partial charge on any atom is 0.226 e. The fourth-order valence-corrected chi connectivity index (χ4v) is 0.316. The second kappa shape index (κ2) is 2.69. The van der Waals surface area contributed by atoms with Gasteiger partial charge >= 0.3 is 0 Å². The Balaban J connectivity index is 3.32. The first-order chi connectivity index (χ1) is 3.13. The van der Waals surface area contributed by atoms with E-state index in [0.717, 1.165) is 0 Å². The van der Waals surface area contributed by atoms with Crippen LogP contribution in [0.1, 0.15) is 6.92 Å². The number of carbonyl (C=O) groups is 1. The molecule has 0 aliphatic carbocycles. The van der Waals surface area contributed by atoms with Gasteiger partial charge in [0.15, 0.2) is 0 Å². The summed E-state index contributed by atoms with van der Waals surface area (Å²) in [6.07, 6.45) is 1.20. The maximum absolute atomic E-state index is 9.89. The first-order valence-electron chi connectivity index (χ1n) is 1.77. The third-order valence-corrected chi connectivity index (χ3v) is 0.463. The SMILES string of the molecule is CC(=S)[CH]C(N)=O. The van der Waals surface area contributed by atoms with E-state index in [1.165, 1.54) is 6.42 Å². The minimum atomic E-state index is -0.479. The van der Waals surface area contributed by atoms with E-state index in [9.17, 15) is 4.79 Å². The summed E-state index contributed by atoms with van der Waals surface area (Å²) < 4.78 is 0. The molecule has 0 aromatic rings. The Morgan fingerprint density at radius 3 is 2.29 bits per heavy atom. The molecule has 0 fully saturated rings. The molecule has 0 bridgehead atoms. The fraction of sp³-hybridized carbons (Fsp3) is 0.250. The normalized spacial score (nSPS) is 8.14. The lowest BCUT2D eigenvalue weighted by Crippen LogP contribution is -2.13. The monoisotopic (exact) mass is 116 g/mol. The molecular formula is C4H6NOS. The van der Waals surface area contributed by atoms with E-state index in [2.05, 4.69) is 12.2 Å². The van der Waals surface area contributed by atoms with Crippen LogP contribution in [0.2, 0.25) is 0 Å². The van der Waals surface area contributed by atoms with Gasteiger partial charge in [0, 0.05) is 4.86 Å². The molecule has 0 heterocycles. The summed E-state index contributed by atoms with van der Waals surface area (Å²) in [5, 5.41) is 0. The van der Waals surface area contributed by atoms with Gasteiger partial charge in [0.1, 0.15) is 0 Å². The smallest absolute Gasteiger partial charge is 0.226 e. The van der Waals surface area contributed by atoms with Crippen molar-refractivity contribution in [2.75, 3.05) is 0 Å². The summed E-state index contributed by atoms with van der Waals surface area (Å²) in [6, 6.07) is 0. The minimum absolute atomic E-state index is 0.479. The molecule has 0 unspecified atom stereocenters. The molecule has 0 aliphatic heterocycles.